The van der Waals surface area contributed by atoms with Gasteiger partial charge in [0.05, 0.1) is 5.69 Å². The molecule has 0 fully saturated rings. The monoisotopic (exact) mass is 233 g/mol. The third kappa shape index (κ3) is 1.79. The number of alkyl halides is 2. The van der Waals surface area contributed by atoms with Crippen LogP contribution in [-0.4, -0.2) is 17.6 Å². The van der Waals surface area contributed by atoms with Crippen molar-refractivity contribution in [1.82, 2.24) is 0 Å². The van der Waals surface area contributed by atoms with Gasteiger partial charge in [-0.05, 0) is 6.07 Å². The summed E-state index contributed by atoms with van der Waals surface area (Å²) in [5.41, 5.74) is 0.624. The van der Waals surface area contributed by atoms with E-state index in [1.165, 1.54) is 10.5 Å². The van der Waals surface area contributed by atoms with Crippen LogP contribution in [0.1, 0.15) is 18.1 Å². The maximum atomic E-state index is 13.4. The van der Waals surface area contributed by atoms with E-state index in [1.807, 2.05) is 0 Å². The molecule has 82 valence electrons. The van der Waals surface area contributed by atoms with Crippen LogP contribution in [0.4, 0.5) is 14.5 Å². The lowest BCUT2D eigenvalue weighted by Crippen LogP contribution is -2.26. The molecular weight excluding hydrogens is 224 g/mol. The predicted molar refractivity (Wildman–Crippen MR) is 54.2 cm³/mol. The van der Waals surface area contributed by atoms with Gasteiger partial charge in [0, 0.05) is 30.3 Å². The van der Waals surface area contributed by atoms with Crippen molar-refractivity contribution in [3.05, 3.63) is 29.8 Å². The van der Waals surface area contributed by atoms with Crippen LogP contribution in [0.25, 0.3) is 0 Å². The zero-order chi connectivity index (χ0) is 11.1. The van der Waals surface area contributed by atoms with Crippen LogP contribution >= 0.6 is 11.8 Å². The Morgan fingerprint density at radius 1 is 1.40 bits per heavy atom. The predicted octanol–water partition coefficient (Wildman–Crippen LogP) is 2.72. The molecule has 0 spiro atoms. The summed E-state index contributed by atoms with van der Waals surface area (Å²) in [5, 5.41) is 9.55. The second-order valence-corrected chi connectivity index (χ2v) is 3.97. The third-order valence-corrected chi connectivity index (χ3v) is 2.89. The lowest BCUT2D eigenvalue weighted by atomic mass is 10.0. The van der Waals surface area contributed by atoms with Gasteiger partial charge in [-0.15, -0.1) is 0 Å². The molecule has 1 unspecified atom stereocenters. The second kappa shape index (κ2) is 3.61. The Kier molecular flexibility index (Phi) is 2.56. The van der Waals surface area contributed by atoms with E-state index in [2.05, 4.69) is 0 Å². The van der Waals surface area contributed by atoms with Crippen LogP contribution in [0.5, 0.6) is 0 Å². The van der Waals surface area contributed by atoms with Crippen molar-refractivity contribution in [2.45, 2.75) is 18.4 Å². The molecule has 0 radical (unpaired) electrons. The molecule has 0 amide bonds. The van der Waals surface area contributed by atoms with E-state index in [-0.39, 0.29) is 12.1 Å². The van der Waals surface area contributed by atoms with Crippen molar-refractivity contribution >= 4 is 17.5 Å². The number of anilines is 1. The lowest BCUT2D eigenvalue weighted by molar-refractivity contribution is -0.111. The molecule has 1 heterocycles. The zero-order valence-electron chi connectivity index (χ0n) is 7.83. The van der Waals surface area contributed by atoms with Gasteiger partial charge in [-0.1, -0.05) is 18.2 Å². The fourth-order valence-corrected chi connectivity index (χ4v) is 1.91. The van der Waals surface area contributed by atoms with Gasteiger partial charge in [-0.25, -0.2) is 8.78 Å². The van der Waals surface area contributed by atoms with Gasteiger partial charge in [0.25, 0.3) is 5.92 Å². The van der Waals surface area contributed by atoms with E-state index in [0.29, 0.717) is 5.69 Å². The van der Waals surface area contributed by atoms with Gasteiger partial charge < -0.3 is 5.11 Å². The quantitative estimate of drug-likeness (QED) is 0.697. The summed E-state index contributed by atoms with van der Waals surface area (Å²) >= 11 is 5.83. The van der Waals surface area contributed by atoms with E-state index < -0.39 is 18.4 Å². The van der Waals surface area contributed by atoms with Gasteiger partial charge in [0.2, 0.25) is 0 Å². The van der Waals surface area contributed by atoms with Crippen LogP contribution in [0, 0.1) is 0 Å². The molecule has 0 aromatic heterocycles. The first-order valence-corrected chi connectivity index (χ1v) is 4.94. The van der Waals surface area contributed by atoms with E-state index in [9.17, 15) is 13.9 Å². The fourth-order valence-electron chi connectivity index (χ4n) is 1.67. The van der Waals surface area contributed by atoms with Crippen molar-refractivity contribution in [1.29, 1.82) is 0 Å². The molecule has 1 aromatic rings. The topological polar surface area (TPSA) is 23.5 Å². The van der Waals surface area contributed by atoms with Crippen molar-refractivity contribution < 1.29 is 13.9 Å². The highest BCUT2D eigenvalue weighted by Gasteiger charge is 2.43. The first-order chi connectivity index (χ1) is 7.02. The molecule has 1 aliphatic heterocycles. The Bertz CT molecular complexity index is 372. The van der Waals surface area contributed by atoms with Gasteiger partial charge >= 0.3 is 0 Å². The number of benzene rings is 1. The maximum Gasteiger partial charge on any atom is 0.279 e. The van der Waals surface area contributed by atoms with E-state index in [0.717, 1.165) is 0 Å². The molecule has 0 saturated heterocycles. The van der Waals surface area contributed by atoms with Crippen LogP contribution < -0.4 is 4.42 Å². The zero-order valence-corrected chi connectivity index (χ0v) is 8.59. The molecule has 2 rings (SSSR count). The maximum absolute atomic E-state index is 13.4. The molecule has 0 bridgehead atoms. The van der Waals surface area contributed by atoms with Crippen LogP contribution in [0.2, 0.25) is 0 Å². The molecule has 1 aliphatic rings. The number of aliphatic hydroxyl groups is 1. The number of halogens is 3. The summed E-state index contributed by atoms with van der Waals surface area (Å²) < 4.78 is 28.0. The number of hydrogen-bond donors (Lipinski definition) is 1. The summed E-state index contributed by atoms with van der Waals surface area (Å²) in [7, 11) is 0. The van der Waals surface area contributed by atoms with Crippen LogP contribution in [0.3, 0.4) is 0 Å². The third-order valence-electron chi connectivity index (χ3n) is 2.53. The highest BCUT2D eigenvalue weighted by atomic mass is 35.5. The normalized spacial score (nSPS) is 24.5. The summed E-state index contributed by atoms with van der Waals surface area (Å²) in [4.78, 5) is 0. The Labute approximate surface area is 91.2 Å². The van der Waals surface area contributed by atoms with Gasteiger partial charge in [0.15, 0.2) is 0 Å². The Morgan fingerprint density at radius 3 is 2.80 bits per heavy atom. The average molecular weight is 234 g/mol. The fraction of sp³-hybridized carbons (Fsp3) is 0.400. The van der Waals surface area contributed by atoms with Crippen molar-refractivity contribution in [2.24, 2.45) is 0 Å². The minimum Gasteiger partial charge on any atom is -0.382 e. The van der Waals surface area contributed by atoms with Crippen molar-refractivity contribution in [2.75, 3.05) is 11.0 Å². The first kappa shape index (κ1) is 10.6. The summed E-state index contributed by atoms with van der Waals surface area (Å²) in [6, 6.07) is 6.39. The Hall–Kier alpha value is -0.870. The van der Waals surface area contributed by atoms with Gasteiger partial charge in [-0.2, -0.15) is 0 Å². The summed E-state index contributed by atoms with van der Waals surface area (Å²) in [6.45, 7) is 0.0165. The number of nitrogens with zero attached hydrogens (tertiary/aromatic N) is 1. The summed E-state index contributed by atoms with van der Waals surface area (Å²) in [5.74, 6) is -3.13. The van der Waals surface area contributed by atoms with Gasteiger partial charge in [-0.3, -0.25) is 4.42 Å². The number of para-hydroxylation sites is 1. The number of hydrogen-bond acceptors (Lipinski definition) is 2. The molecular formula is C10H10ClF2NO. The molecule has 2 nitrogen and oxygen atoms in total. The Morgan fingerprint density at radius 2 is 2.07 bits per heavy atom. The summed E-state index contributed by atoms with van der Waals surface area (Å²) in [6.07, 6.45) is -2.23. The molecule has 1 N–H and O–H groups in total. The van der Waals surface area contributed by atoms with E-state index >= 15 is 0 Å². The highest BCUT2D eigenvalue weighted by Crippen LogP contribution is 2.42. The van der Waals surface area contributed by atoms with Crippen molar-refractivity contribution in [3.63, 3.8) is 0 Å². The molecule has 1 aromatic carbocycles. The molecule has 1 atom stereocenters. The first-order valence-electron chi connectivity index (χ1n) is 4.60. The molecule has 0 saturated carbocycles. The highest BCUT2D eigenvalue weighted by molar-refractivity contribution is 6.25. The number of aliphatic hydroxyl groups excluding tert-OH is 1. The smallest absolute Gasteiger partial charge is 0.279 e. The minimum atomic E-state index is -3.13. The van der Waals surface area contributed by atoms with E-state index in [4.69, 9.17) is 11.8 Å². The number of rotatable bonds is 0. The van der Waals surface area contributed by atoms with Crippen molar-refractivity contribution in [3.8, 4) is 0 Å². The molecule has 5 heteroatoms. The standard InChI is InChI=1S/C10H10ClF2NO/c11-14-6-5-10(12,13)9(15)7-3-1-2-4-8(7)14/h1-4,9,15H,5-6H2. The Balaban J connectivity index is 2.51. The molecule has 0 aliphatic carbocycles. The number of fused-ring (bicyclic) bond motifs is 1. The van der Waals surface area contributed by atoms with Crippen LogP contribution in [-0.2, 0) is 0 Å². The lowest BCUT2D eigenvalue weighted by Gasteiger charge is -2.20. The van der Waals surface area contributed by atoms with E-state index in [1.54, 1.807) is 18.2 Å². The van der Waals surface area contributed by atoms with Crippen LogP contribution in [0.15, 0.2) is 24.3 Å². The molecule has 15 heavy (non-hydrogen) atoms. The van der Waals surface area contributed by atoms with Gasteiger partial charge in [0.1, 0.15) is 6.10 Å². The largest absolute Gasteiger partial charge is 0.382 e. The minimum absolute atomic E-state index is 0.0165. The average Bonchev–Trinajstić information content (AvgIpc) is 2.31. The SMILES string of the molecule is OC1c2ccccc2N(Cl)CCC1(F)F. The second-order valence-electron chi connectivity index (χ2n) is 3.56.